The molecular formula is C11H18N4O. The lowest BCUT2D eigenvalue weighted by Crippen LogP contribution is -2.23. The zero-order valence-electron chi connectivity index (χ0n) is 9.52. The average Bonchev–Trinajstić information content (AvgIpc) is 2.74. The molecule has 0 amide bonds. The Morgan fingerprint density at radius 3 is 3.19 bits per heavy atom. The van der Waals surface area contributed by atoms with Crippen molar-refractivity contribution in [3.05, 3.63) is 12.4 Å². The molecule has 1 aromatic rings. The van der Waals surface area contributed by atoms with Crippen molar-refractivity contribution in [2.45, 2.75) is 25.9 Å². The van der Waals surface area contributed by atoms with Crippen LogP contribution in [-0.2, 0) is 4.74 Å². The first-order chi connectivity index (χ1) is 7.79. The molecule has 1 aliphatic heterocycles. The zero-order chi connectivity index (χ0) is 11.4. The first kappa shape index (κ1) is 11.1. The van der Waals surface area contributed by atoms with Crippen LogP contribution < -0.4 is 11.1 Å². The van der Waals surface area contributed by atoms with Gasteiger partial charge in [0.15, 0.2) is 0 Å². The molecule has 0 saturated carbocycles. The van der Waals surface area contributed by atoms with Crippen molar-refractivity contribution in [3.63, 3.8) is 0 Å². The number of nitrogens with zero attached hydrogens (tertiary/aromatic N) is 2. The van der Waals surface area contributed by atoms with Gasteiger partial charge in [-0.15, -0.1) is 0 Å². The molecule has 1 saturated heterocycles. The SMILES string of the molecule is CCC1OCCC1CNc1cc(N)ncn1. The molecule has 0 spiro atoms. The molecule has 5 nitrogen and oxygen atoms in total. The second-order valence-electron chi connectivity index (χ2n) is 4.08. The predicted molar refractivity (Wildman–Crippen MR) is 63.1 cm³/mol. The number of rotatable bonds is 4. The van der Waals surface area contributed by atoms with Crippen LogP contribution in [0.5, 0.6) is 0 Å². The van der Waals surface area contributed by atoms with E-state index in [1.165, 1.54) is 6.33 Å². The lowest BCUT2D eigenvalue weighted by atomic mass is 10.00. The van der Waals surface area contributed by atoms with Gasteiger partial charge in [0.25, 0.3) is 0 Å². The Hall–Kier alpha value is -1.36. The summed E-state index contributed by atoms with van der Waals surface area (Å²) < 4.78 is 5.63. The Morgan fingerprint density at radius 2 is 2.44 bits per heavy atom. The van der Waals surface area contributed by atoms with E-state index in [4.69, 9.17) is 10.5 Å². The van der Waals surface area contributed by atoms with E-state index >= 15 is 0 Å². The van der Waals surface area contributed by atoms with Crippen molar-refractivity contribution < 1.29 is 4.74 Å². The van der Waals surface area contributed by atoms with Crippen LogP contribution in [0.15, 0.2) is 12.4 Å². The summed E-state index contributed by atoms with van der Waals surface area (Å²) >= 11 is 0. The highest BCUT2D eigenvalue weighted by atomic mass is 16.5. The maximum atomic E-state index is 5.63. The van der Waals surface area contributed by atoms with E-state index in [0.717, 1.165) is 31.8 Å². The molecule has 2 atom stereocenters. The minimum absolute atomic E-state index is 0.381. The molecule has 0 radical (unpaired) electrons. The predicted octanol–water partition coefficient (Wildman–Crippen LogP) is 1.29. The zero-order valence-corrected chi connectivity index (χ0v) is 9.52. The maximum Gasteiger partial charge on any atom is 0.131 e. The van der Waals surface area contributed by atoms with Crippen molar-refractivity contribution in [1.82, 2.24) is 9.97 Å². The highest BCUT2D eigenvalue weighted by Crippen LogP contribution is 2.23. The molecule has 88 valence electrons. The topological polar surface area (TPSA) is 73.1 Å². The summed E-state index contributed by atoms with van der Waals surface area (Å²) in [5.74, 6) is 1.85. The van der Waals surface area contributed by atoms with Gasteiger partial charge in [0, 0.05) is 25.1 Å². The maximum absolute atomic E-state index is 5.63. The lowest BCUT2D eigenvalue weighted by molar-refractivity contribution is 0.0900. The minimum atomic E-state index is 0.381. The second kappa shape index (κ2) is 5.12. The molecule has 0 bridgehead atoms. The van der Waals surface area contributed by atoms with Gasteiger partial charge < -0.3 is 15.8 Å². The summed E-state index contributed by atoms with van der Waals surface area (Å²) in [7, 11) is 0. The lowest BCUT2D eigenvalue weighted by Gasteiger charge is -2.17. The van der Waals surface area contributed by atoms with Crippen molar-refractivity contribution >= 4 is 11.6 Å². The van der Waals surface area contributed by atoms with Crippen molar-refractivity contribution in [2.75, 3.05) is 24.2 Å². The summed E-state index contributed by atoms with van der Waals surface area (Å²) in [4.78, 5) is 7.96. The van der Waals surface area contributed by atoms with E-state index in [9.17, 15) is 0 Å². The summed E-state index contributed by atoms with van der Waals surface area (Å²) in [5, 5.41) is 3.28. The van der Waals surface area contributed by atoms with Crippen LogP contribution in [0, 0.1) is 5.92 Å². The molecule has 5 heteroatoms. The first-order valence-corrected chi connectivity index (χ1v) is 5.72. The normalized spacial score (nSPS) is 24.6. The third-order valence-electron chi connectivity index (χ3n) is 2.98. The van der Waals surface area contributed by atoms with E-state index < -0.39 is 0 Å². The second-order valence-corrected chi connectivity index (χ2v) is 4.08. The Balaban J connectivity index is 1.87. The van der Waals surface area contributed by atoms with Gasteiger partial charge in [0.2, 0.25) is 0 Å². The Labute approximate surface area is 95.4 Å². The summed E-state index contributed by atoms with van der Waals surface area (Å²) in [5.41, 5.74) is 5.58. The Kier molecular flexibility index (Phi) is 3.56. The van der Waals surface area contributed by atoms with Crippen molar-refractivity contribution in [2.24, 2.45) is 5.92 Å². The third-order valence-corrected chi connectivity index (χ3v) is 2.98. The molecule has 2 heterocycles. The molecule has 2 rings (SSSR count). The average molecular weight is 222 g/mol. The van der Waals surface area contributed by atoms with E-state index in [0.29, 0.717) is 17.8 Å². The number of anilines is 2. The highest BCUT2D eigenvalue weighted by Gasteiger charge is 2.26. The van der Waals surface area contributed by atoms with E-state index in [1.54, 1.807) is 6.07 Å². The number of nitrogens with one attached hydrogen (secondary N) is 1. The van der Waals surface area contributed by atoms with Gasteiger partial charge in [-0.25, -0.2) is 9.97 Å². The van der Waals surface area contributed by atoms with Crippen LogP contribution in [0.1, 0.15) is 19.8 Å². The Bertz CT molecular complexity index is 345. The fourth-order valence-corrected chi connectivity index (χ4v) is 2.08. The molecule has 0 aromatic carbocycles. The first-order valence-electron chi connectivity index (χ1n) is 5.72. The van der Waals surface area contributed by atoms with Gasteiger partial charge in [-0.3, -0.25) is 0 Å². The number of nitrogen functional groups attached to an aromatic ring is 1. The van der Waals surface area contributed by atoms with Crippen LogP contribution in [0.25, 0.3) is 0 Å². The third kappa shape index (κ3) is 2.61. The van der Waals surface area contributed by atoms with Crippen LogP contribution in [0.4, 0.5) is 11.6 Å². The van der Waals surface area contributed by atoms with Gasteiger partial charge in [-0.1, -0.05) is 6.92 Å². The van der Waals surface area contributed by atoms with Crippen molar-refractivity contribution in [1.29, 1.82) is 0 Å². The number of nitrogens with two attached hydrogens (primary N) is 1. The van der Waals surface area contributed by atoms with E-state index in [-0.39, 0.29) is 0 Å². The van der Waals surface area contributed by atoms with Gasteiger partial charge in [0.05, 0.1) is 6.10 Å². The monoisotopic (exact) mass is 222 g/mol. The largest absolute Gasteiger partial charge is 0.384 e. The van der Waals surface area contributed by atoms with Crippen LogP contribution in [0.3, 0.4) is 0 Å². The van der Waals surface area contributed by atoms with E-state index in [2.05, 4.69) is 22.2 Å². The van der Waals surface area contributed by atoms with E-state index in [1.807, 2.05) is 0 Å². The summed E-state index contributed by atoms with van der Waals surface area (Å²) in [6.45, 7) is 3.91. The summed E-state index contributed by atoms with van der Waals surface area (Å²) in [6, 6.07) is 1.75. The Morgan fingerprint density at radius 1 is 1.56 bits per heavy atom. The smallest absolute Gasteiger partial charge is 0.131 e. The molecule has 2 unspecified atom stereocenters. The number of ether oxygens (including phenoxy) is 1. The van der Waals surface area contributed by atoms with Crippen LogP contribution in [-0.4, -0.2) is 29.2 Å². The number of hydrogen-bond donors (Lipinski definition) is 2. The quantitative estimate of drug-likeness (QED) is 0.803. The van der Waals surface area contributed by atoms with Gasteiger partial charge in [-0.05, 0) is 12.8 Å². The van der Waals surface area contributed by atoms with Gasteiger partial charge in [0.1, 0.15) is 18.0 Å². The van der Waals surface area contributed by atoms with Gasteiger partial charge in [-0.2, -0.15) is 0 Å². The number of aromatic nitrogens is 2. The number of hydrogen-bond acceptors (Lipinski definition) is 5. The van der Waals surface area contributed by atoms with Crippen LogP contribution >= 0.6 is 0 Å². The fraction of sp³-hybridized carbons (Fsp3) is 0.636. The molecular weight excluding hydrogens is 204 g/mol. The molecule has 1 fully saturated rings. The molecule has 1 aromatic heterocycles. The van der Waals surface area contributed by atoms with Crippen LogP contribution in [0.2, 0.25) is 0 Å². The molecule has 1 aliphatic rings. The highest BCUT2D eigenvalue weighted by molar-refractivity contribution is 5.43. The molecule has 3 N–H and O–H groups in total. The molecule has 0 aliphatic carbocycles. The standard InChI is InChI=1S/C11H18N4O/c1-2-9-8(3-4-16-9)6-13-11-5-10(12)14-7-15-11/h5,7-9H,2-4,6H2,1H3,(H3,12,13,14,15). The summed E-state index contributed by atoms with van der Waals surface area (Å²) in [6.07, 6.45) is 4.04. The molecule has 16 heavy (non-hydrogen) atoms. The fourth-order valence-electron chi connectivity index (χ4n) is 2.08. The minimum Gasteiger partial charge on any atom is -0.384 e. The van der Waals surface area contributed by atoms with Crippen molar-refractivity contribution in [3.8, 4) is 0 Å². The van der Waals surface area contributed by atoms with Gasteiger partial charge >= 0.3 is 0 Å².